The highest BCUT2D eigenvalue weighted by molar-refractivity contribution is 8.00. The Balaban J connectivity index is 1.25. The minimum atomic E-state index is -0.467. The molecule has 2 heterocycles. The van der Waals surface area contributed by atoms with E-state index in [4.69, 9.17) is 11.6 Å². The molecule has 222 valence electrons. The number of hydrogen-bond acceptors (Lipinski definition) is 7. The van der Waals surface area contributed by atoms with Gasteiger partial charge in [0.15, 0.2) is 5.13 Å². The molecule has 3 aromatic carbocycles. The number of nitrogens with zero attached hydrogens (tertiary/aromatic N) is 1. The van der Waals surface area contributed by atoms with Gasteiger partial charge in [-0.3, -0.25) is 14.4 Å². The number of halogens is 1. The third-order valence-electron chi connectivity index (χ3n) is 6.30. The van der Waals surface area contributed by atoms with Crippen molar-refractivity contribution >= 4 is 80.7 Å². The van der Waals surface area contributed by atoms with Gasteiger partial charge in [-0.1, -0.05) is 61.0 Å². The molecule has 1 unspecified atom stereocenters. The molecule has 0 fully saturated rings. The van der Waals surface area contributed by atoms with Crippen LogP contribution in [-0.4, -0.2) is 28.0 Å². The molecule has 3 N–H and O–H groups in total. The van der Waals surface area contributed by atoms with E-state index in [0.717, 1.165) is 16.0 Å². The average Bonchev–Trinajstić information content (AvgIpc) is 3.73. The van der Waals surface area contributed by atoms with Crippen molar-refractivity contribution in [1.29, 1.82) is 0 Å². The van der Waals surface area contributed by atoms with E-state index in [0.29, 0.717) is 33.5 Å². The van der Waals surface area contributed by atoms with Crippen molar-refractivity contribution in [2.45, 2.75) is 23.5 Å². The van der Waals surface area contributed by atoms with Gasteiger partial charge in [-0.15, -0.1) is 23.1 Å². The average molecular weight is 659 g/mol. The van der Waals surface area contributed by atoms with Crippen LogP contribution in [0.4, 0.5) is 10.8 Å². The van der Waals surface area contributed by atoms with Crippen molar-refractivity contribution in [3.63, 3.8) is 0 Å². The normalized spacial score (nSPS) is 11.9. The monoisotopic (exact) mass is 658 g/mol. The predicted octanol–water partition coefficient (Wildman–Crippen LogP) is 8.44. The molecule has 5 rings (SSSR count). The first-order valence-corrected chi connectivity index (χ1v) is 16.7. The summed E-state index contributed by atoms with van der Waals surface area (Å²) in [6, 6.07) is 25.3. The molecule has 2 aromatic heterocycles. The molecule has 0 aliphatic heterocycles. The number of anilines is 2. The van der Waals surface area contributed by atoms with Gasteiger partial charge >= 0.3 is 0 Å². The minimum Gasteiger partial charge on any atom is -0.321 e. The second-order valence-corrected chi connectivity index (χ2v) is 12.8. The van der Waals surface area contributed by atoms with Crippen molar-refractivity contribution < 1.29 is 14.4 Å². The molecule has 3 amide bonds. The van der Waals surface area contributed by atoms with E-state index < -0.39 is 11.2 Å². The summed E-state index contributed by atoms with van der Waals surface area (Å²) >= 11 is 10.5. The summed E-state index contributed by atoms with van der Waals surface area (Å²) in [5.41, 5.74) is 3.39. The lowest BCUT2D eigenvalue weighted by atomic mass is 10.2. The summed E-state index contributed by atoms with van der Waals surface area (Å²) in [5, 5.41) is 14.9. The summed E-state index contributed by atoms with van der Waals surface area (Å²) in [7, 11) is 0. The number of thiophene rings is 1. The van der Waals surface area contributed by atoms with E-state index in [1.165, 1.54) is 34.4 Å². The second kappa shape index (κ2) is 15.0. The standard InChI is InChI=1S/C33H27ClN4O3S3/c1-2-29(32(41)38-33-37-28(20-43-33)25-13-6-7-14-26(25)34)44-24-12-8-11-23(18-24)35-31(40)27(17-21-15-16-42-19-21)36-30(39)22-9-4-3-5-10-22/h3-20,29H,2H2,1H3,(H,35,40)(H,36,39)(H,37,38,41)/b27-17-. The lowest BCUT2D eigenvalue weighted by molar-refractivity contribution is -0.116. The van der Waals surface area contributed by atoms with Crippen LogP contribution in [-0.2, 0) is 9.59 Å². The van der Waals surface area contributed by atoms with Gasteiger partial charge in [-0.2, -0.15) is 11.3 Å². The summed E-state index contributed by atoms with van der Waals surface area (Å²) < 4.78 is 0. The molecule has 0 aliphatic carbocycles. The van der Waals surface area contributed by atoms with E-state index in [1.807, 2.05) is 65.5 Å². The lowest BCUT2D eigenvalue weighted by Gasteiger charge is -2.15. The van der Waals surface area contributed by atoms with Gasteiger partial charge in [0.1, 0.15) is 5.70 Å². The summed E-state index contributed by atoms with van der Waals surface area (Å²) in [5.74, 6) is -1.02. The fourth-order valence-corrected chi connectivity index (χ4v) is 6.69. The zero-order chi connectivity index (χ0) is 30.9. The highest BCUT2D eigenvalue weighted by atomic mass is 35.5. The third-order valence-corrected chi connectivity index (χ3v) is 9.45. The van der Waals surface area contributed by atoms with E-state index in [-0.39, 0.29) is 17.5 Å². The van der Waals surface area contributed by atoms with Crippen LogP contribution in [0.15, 0.2) is 112 Å². The molecule has 11 heteroatoms. The summed E-state index contributed by atoms with van der Waals surface area (Å²) in [4.78, 5) is 44.7. The Morgan fingerprint density at radius 1 is 0.955 bits per heavy atom. The highest BCUT2D eigenvalue weighted by Gasteiger charge is 2.21. The van der Waals surface area contributed by atoms with E-state index in [2.05, 4.69) is 20.9 Å². The predicted molar refractivity (Wildman–Crippen MR) is 182 cm³/mol. The highest BCUT2D eigenvalue weighted by Crippen LogP contribution is 2.32. The Kier molecular flexibility index (Phi) is 10.6. The van der Waals surface area contributed by atoms with Crippen molar-refractivity contribution in [3.05, 3.63) is 123 Å². The van der Waals surface area contributed by atoms with Crippen molar-refractivity contribution in [2.75, 3.05) is 10.6 Å². The number of thiazole rings is 1. The largest absolute Gasteiger partial charge is 0.321 e. The van der Waals surface area contributed by atoms with Crippen LogP contribution >= 0.6 is 46.0 Å². The molecule has 44 heavy (non-hydrogen) atoms. The number of thioether (sulfide) groups is 1. The maximum Gasteiger partial charge on any atom is 0.272 e. The van der Waals surface area contributed by atoms with Gasteiger partial charge in [0.2, 0.25) is 5.91 Å². The molecule has 5 aromatic rings. The number of aromatic nitrogens is 1. The van der Waals surface area contributed by atoms with E-state index >= 15 is 0 Å². The Hall–Kier alpha value is -4.22. The zero-order valence-electron chi connectivity index (χ0n) is 23.5. The molecule has 0 saturated carbocycles. The third kappa shape index (κ3) is 8.23. The molecule has 1 atom stereocenters. The number of carbonyl (C=O) groups is 3. The van der Waals surface area contributed by atoms with Crippen LogP contribution in [0.5, 0.6) is 0 Å². The molecule has 0 spiro atoms. The van der Waals surface area contributed by atoms with Gasteiger partial charge in [0, 0.05) is 32.1 Å². The van der Waals surface area contributed by atoms with Crippen LogP contribution in [0.1, 0.15) is 29.3 Å². The fourth-order valence-electron chi connectivity index (χ4n) is 4.11. The quantitative estimate of drug-likeness (QED) is 0.0977. The second-order valence-electron chi connectivity index (χ2n) is 9.44. The van der Waals surface area contributed by atoms with Gasteiger partial charge < -0.3 is 16.0 Å². The van der Waals surface area contributed by atoms with Crippen molar-refractivity contribution in [3.8, 4) is 11.3 Å². The van der Waals surface area contributed by atoms with Crippen LogP contribution < -0.4 is 16.0 Å². The first-order valence-electron chi connectivity index (χ1n) is 13.6. The van der Waals surface area contributed by atoms with Crippen molar-refractivity contribution in [1.82, 2.24) is 10.3 Å². The Bertz CT molecular complexity index is 1790. The topological polar surface area (TPSA) is 100 Å². The van der Waals surface area contributed by atoms with Crippen LogP contribution in [0.2, 0.25) is 5.02 Å². The number of rotatable bonds is 11. The van der Waals surface area contributed by atoms with E-state index in [1.54, 1.807) is 48.5 Å². The Morgan fingerprint density at radius 2 is 1.75 bits per heavy atom. The van der Waals surface area contributed by atoms with Gasteiger partial charge in [-0.25, -0.2) is 4.98 Å². The number of carbonyl (C=O) groups excluding carboxylic acids is 3. The molecular formula is C33H27ClN4O3S3. The molecular weight excluding hydrogens is 632 g/mol. The van der Waals surface area contributed by atoms with Crippen LogP contribution in [0.25, 0.3) is 17.3 Å². The lowest BCUT2D eigenvalue weighted by Crippen LogP contribution is -2.30. The van der Waals surface area contributed by atoms with E-state index in [9.17, 15) is 14.4 Å². The summed E-state index contributed by atoms with van der Waals surface area (Å²) in [6.45, 7) is 1.94. The van der Waals surface area contributed by atoms with Crippen molar-refractivity contribution in [2.24, 2.45) is 0 Å². The van der Waals surface area contributed by atoms with Gasteiger partial charge in [0.05, 0.1) is 10.9 Å². The maximum absolute atomic E-state index is 13.4. The zero-order valence-corrected chi connectivity index (χ0v) is 26.7. The first kappa shape index (κ1) is 31.2. The Morgan fingerprint density at radius 3 is 2.50 bits per heavy atom. The number of benzene rings is 3. The number of hydrogen-bond donors (Lipinski definition) is 3. The molecule has 0 saturated heterocycles. The van der Waals surface area contributed by atoms with Crippen LogP contribution in [0, 0.1) is 0 Å². The molecule has 0 bridgehead atoms. The number of amides is 3. The maximum atomic E-state index is 13.4. The smallest absolute Gasteiger partial charge is 0.272 e. The SMILES string of the molecule is CCC(Sc1cccc(NC(=O)/C(=C/c2ccsc2)NC(=O)c2ccccc2)c1)C(=O)Nc1nc(-c2ccccc2Cl)cs1. The number of nitrogens with one attached hydrogen (secondary N) is 3. The summed E-state index contributed by atoms with van der Waals surface area (Å²) in [6.07, 6.45) is 2.22. The molecule has 7 nitrogen and oxygen atoms in total. The Labute approximate surface area is 272 Å². The van der Waals surface area contributed by atoms with Crippen LogP contribution in [0.3, 0.4) is 0 Å². The fraction of sp³-hybridized carbons (Fsp3) is 0.0909. The molecule has 0 aliphatic rings. The first-order chi connectivity index (χ1) is 21.4. The molecule has 0 radical (unpaired) electrons. The minimum absolute atomic E-state index is 0.112. The van der Waals surface area contributed by atoms with Gasteiger partial charge in [0.25, 0.3) is 11.8 Å². The van der Waals surface area contributed by atoms with Gasteiger partial charge in [-0.05, 0) is 71.3 Å².